The third-order valence-electron chi connectivity index (χ3n) is 7.22. The van der Waals surface area contributed by atoms with Crippen molar-refractivity contribution in [2.24, 2.45) is 11.7 Å². The zero-order valence-corrected chi connectivity index (χ0v) is 20.2. The van der Waals surface area contributed by atoms with Crippen LogP contribution in [0, 0.1) is 5.92 Å². The number of amides is 1. The van der Waals surface area contributed by atoms with Gasteiger partial charge in [0, 0.05) is 31.7 Å². The van der Waals surface area contributed by atoms with E-state index >= 15 is 0 Å². The van der Waals surface area contributed by atoms with Gasteiger partial charge in [-0.1, -0.05) is 42.5 Å². The number of esters is 1. The number of ether oxygens (including phenoxy) is 1. The van der Waals surface area contributed by atoms with Crippen molar-refractivity contribution < 1.29 is 14.3 Å². The molecule has 2 bridgehead atoms. The molecule has 4 aliphatic heterocycles. The van der Waals surface area contributed by atoms with Gasteiger partial charge in [-0.15, -0.1) is 24.8 Å². The van der Waals surface area contributed by atoms with Gasteiger partial charge in [0.2, 0.25) is 0 Å². The maximum absolute atomic E-state index is 13.5. The third kappa shape index (κ3) is 4.76. The number of hydrogen-bond donors (Lipinski definition) is 1. The molecule has 2 N–H and O–H groups in total. The molecule has 33 heavy (non-hydrogen) atoms. The van der Waals surface area contributed by atoms with Crippen LogP contribution in [-0.2, 0) is 21.5 Å². The summed E-state index contributed by atoms with van der Waals surface area (Å²) in [6.07, 6.45) is 2.16. The standard InChI is InChI=1S/C25H29N3O3.2ClH/c26-14-18-6-8-20(9-7-18)23(29)28-16-25(17-28,21-4-2-1-3-5-21)24(30)31-22-15-27-12-10-19(22)11-13-27;;/h1-9,19,22H,10-17,26H2;2*1H/t22-;;/m0../s1. The number of fused-ring (bicyclic) bond motifs is 3. The number of carbonyl (C=O) groups is 2. The normalized spacial score (nSPS) is 24.6. The summed E-state index contributed by atoms with van der Waals surface area (Å²) in [4.78, 5) is 30.6. The van der Waals surface area contributed by atoms with Crippen LogP contribution in [0.25, 0.3) is 0 Å². The van der Waals surface area contributed by atoms with Crippen molar-refractivity contribution >= 4 is 36.7 Å². The van der Waals surface area contributed by atoms with Crippen LogP contribution < -0.4 is 5.73 Å². The average Bonchev–Trinajstić information content (AvgIpc) is 2.80. The summed E-state index contributed by atoms with van der Waals surface area (Å²) in [7, 11) is 0. The molecule has 4 saturated heterocycles. The zero-order chi connectivity index (χ0) is 21.4. The minimum atomic E-state index is -0.792. The van der Waals surface area contributed by atoms with E-state index in [1.54, 1.807) is 17.0 Å². The molecule has 0 radical (unpaired) electrons. The quantitative estimate of drug-likeness (QED) is 0.650. The first-order valence-corrected chi connectivity index (χ1v) is 11.2. The summed E-state index contributed by atoms with van der Waals surface area (Å²) >= 11 is 0. The predicted octanol–water partition coefficient (Wildman–Crippen LogP) is 3.02. The molecule has 4 heterocycles. The van der Waals surface area contributed by atoms with Crippen molar-refractivity contribution in [1.82, 2.24) is 9.80 Å². The number of piperidine rings is 3. The Labute approximate surface area is 207 Å². The Kier molecular flexibility index (Phi) is 8.06. The number of hydrogen-bond acceptors (Lipinski definition) is 5. The minimum Gasteiger partial charge on any atom is -0.460 e. The molecule has 1 amide bonds. The van der Waals surface area contributed by atoms with E-state index in [9.17, 15) is 9.59 Å². The lowest BCUT2D eigenvalue weighted by Gasteiger charge is -2.50. The molecule has 0 spiro atoms. The van der Waals surface area contributed by atoms with Crippen LogP contribution in [0.4, 0.5) is 0 Å². The second-order valence-corrected chi connectivity index (χ2v) is 9.09. The molecule has 0 aliphatic carbocycles. The summed E-state index contributed by atoms with van der Waals surface area (Å²) < 4.78 is 6.12. The Morgan fingerprint density at radius 2 is 1.61 bits per heavy atom. The highest BCUT2D eigenvalue weighted by atomic mass is 35.5. The van der Waals surface area contributed by atoms with Gasteiger partial charge in [0.25, 0.3) is 5.91 Å². The van der Waals surface area contributed by atoms with Gasteiger partial charge < -0.3 is 15.4 Å². The maximum Gasteiger partial charge on any atom is 0.320 e. The molecule has 0 unspecified atom stereocenters. The Hall–Kier alpha value is -2.12. The largest absolute Gasteiger partial charge is 0.460 e. The van der Waals surface area contributed by atoms with E-state index in [2.05, 4.69) is 4.90 Å². The molecule has 1 atom stereocenters. The fraction of sp³-hybridized carbons (Fsp3) is 0.440. The number of nitrogens with zero attached hydrogens (tertiary/aromatic N) is 2. The highest BCUT2D eigenvalue weighted by molar-refractivity contribution is 5.97. The first-order valence-electron chi connectivity index (χ1n) is 11.2. The van der Waals surface area contributed by atoms with E-state index in [1.807, 2.05) is 42.5 Å². The Bertz CT molecular complexity index is 957. The number of nitrogens with two attached hydrogens (primary N) is 1. The van der Waals surface area contributed by atoms with Crippen LogP contribution in [-0.4, -0.2) is 60.5 Å². The predicted molar refractivity (Wildman–Crippen MR) is 132 cm³/mol. The fourth-order valence-corrected chi connectivity index (χ4v) is 5.20. The number of carbonyl (C=O) groups excluding carboxylic acids is 2. The summed E-state index contributed by atoms with van der Waals surface area (Å²) in [5.74, 6) is 0.200. The van der Waals surface area contributed by atoms with Crippen molar-refractivity contribution in [1.29, 1.82) is 0 Å². The summed E-state index contributed by atoms with van der Waals surface area (Å²) in [5, 5.41) is 0. The summed E-state index contributed by atoms with van der Waals surface area (Å²) in [6.45, 7) is 4.17. The molecule has 2 aromatic rings. The van der Waals surface area contributed by atoms with Crippen LogP contribution in [0.1, 0.15) is 34.3 Å². The monoisotopic (exact) mass is 491 g/mol. The minimum absolute atomic E-state index is 0. The van der Waals surface area contributed by atoms with Gasteiger partial charge in [-0.3, -0.25) is 14.5 Å². The van der Waals surface area contributed by atoms with Crippen molar-refractivity contribution in [3.8, 4) is 0 Å². The van der Waals surface area contributed by atoms with Gasteiger partial charge in [-0.05, 0) is 55.1 Å². The van der Waals surface area contributed by atoms with Crippen LogP contribution >= 0.6 is 24.8 Å². The number of rotatable bonds is 5. The number of likely N-dealkylation sites (tertiary alicyclic amines) is 1. The van der Waals surface area contributed by atoms with Gasteiger partial charge in [-0.25, -0.2) is 0 Å². The molecule has 0 saturated carbocycles. The lowest BCUT2D eigenvalue weighted by atomic mass is 9.73. The highest BCUT2D eigenvalue weighted by Gasteiger charge is 2.54. The molecule has 4 aliphatic rings. The van der Waals surface area contributed by atoms with Crippen LogP contribution in [0.2, 0.25) is 0 Å². The molecule has 6 nitrogen and oxygen atoms in total. The summed E-state index contributed by atoms with van der Waals surface area (Å²) in [6, 6.07) is 17.1. The number of benzene rings is 2. The third-order valence-corrected chi connectivity index (χ3v) is 7.22. The molecule has 4 fully saturated rings. The van der Waals surface area contributed by atoms with Crippen LogP contribution in [0.5, 0.6) is 0 Å². The van der Waals surface area contributed by atoms with E-state index < -0.39 is 5.41 Å². The zero-order valence-electron chi connectivity index (χ0n) is 18.5. The fourth-order valence-electron chi connectivity index (χ4n) is 5.20. The van der Waals surface area contributed by atoms with E-state index in [-0.39, 0.29) is 42.8 Å². The van der Waals surface area contributed by atoms with E-state index in [1.165, 1.54) is 0 Å². The lowest BCUT2D eigenvalue weighted by Crippen LogP contribution is -2.66. The molecule has 8 heteroatoms. The van der Waals surface area contributed by atoms with E-state index in [4.69, 9.17) is 10.5 Å². The van der Waals surface area contributed by atoms with Gasteiger partial charge in [-0.2, -0.15) is 0 Å². The van der Waals surface area contributed by atoms with Crippen molar-refractivity contribution in [2.75, 3.05) is 32.7 Å². The first-order chi connectivity index (χ1) is 15.1. The van der Waals surface area contributed by atoms with Crippen molar-refractivity contribution in [3.05, 3.63) is 71.3 Å². The van der Waals surface area contributed by atoms with Gasteiger partial charge >= 0.3 is 5.97 Å². The van der Waals surface area contributed by atoms with Crippen LogP contribution in [0.15, 0.2) is 54.6 Å². The average molecular weight is 492 g/mol. The molecule has 178 valence electrons. The van der Waals surface area contributed by atoms with Gasteiger partial charge in [0.05, 0.1) is 0 Å². The van der Waals surface area contributed by atoms with E-state index in [0.717, 1.165) is 43.6 Å². The molecule has 6 rings (SSSR count). The Morgan fingerprint density at radius 1 is 0.970 bits per heavy atom. The molecule has 2 aromatic carbocycles. The Morgan fingerprint density at radius 3 is 2.15 bits per heavy atom. The molecular weight excluding hydrogens is 461 g/mol. The molecule has 0 aromatic heterocycles. The van der Waals surface area contributed by atoms with Gasteiger partial charge in [0.1, 0.15) is 11.5 Å². The Balaban J connectivity index is 0.00000153. The van der Waals surface area contributed by atoms with Gasteiger partial charge in [0.15, 0.2) is 0 Å². The lowest BCUT2D eigenvalue weighted by molar-refractivity contribution is -0.171. The van der Waals surface area contributed by atoms with Crippen molar-refractivity contribution in [3.63, 3.8) is 0 Å². The highest BCUT2D eigenvalue weighted by Crippen LogP contribution is 2.39. The summed E-state index contributed by atoms with van der Waals surface area (Å²) in [5.41, 5.74) is 7.39. The smallest absolute Gasteiger partial charge is 0.320 e. The number of halogens is 2. The first kappa shape index (κ1) is 25.5. The van der Waals surface area contributed by atoms with Crippen molar-refractivity contribution in [2.45, 2.75) is 30.9 Å². The maximum atomic E-state index is 13.5. The second kappa shape index (κ2) is 10.4. The molecular formula is C25H31Cl2N3O3. The second-order valence-electron chi connectivity index (χ2n) is 9.09. The van der Waals surface area contributed by atoms with E-state index in [0.29, 0.717) is 31.1 Å². The topological polar surface area (TPSA) is 75.9 Å². The van der Waals surface area contributed by atoms with Crippen LogP contribution in [0.3, 0.4) is 0 Å². The SMILES string of the molecule is Cl.Cl.NCc1ccc(C(=O)N2CC(C(=O)O[C@H]3CN4CCC3CC4)(c3ccccc3)C2)cc1.